The molecule has 0 aromatic heterocycles. The van der Waals surface area contributed by atoms with Crippen LogP contribution >= 0.6 is 11.6 Å². The molecule has 0 radical (unpaired) electrons. The number of hydrogen-bond donors (Lipinski definition) is 0. The van der Waals surface area contributed by atoms with E-state index in [-0.39, 0.29) is 21.7 Å². The van der Waals surface area contributed by atoms with Gasteiger partial charge >= 0.3 is 0 Å². The second-order valence-electron chi connectivity index (χ2n) is 15.6. The fourth-order valence-corrected chi connectivity index (χ4v) is 6.56. The third-order valence-corrected chi connectivity index (χ3v) is 9.51. The Morgan fingerprint density at radius 1 is 0.595 bits per heavy atom. The van der Waals surface area contributed by atoms with Crippen LogP contribution in [0, 0.1) is 0 Å². The third kappa shape index (κ3) is 5.91. The van der Waals surface area contributed by atoms with Gasteiger partial charge in [-0.2, -0.15) is 0 Å². The second-order valence-corrected chi connectivity index (χ2v) is 16.1. The maximum Gasteiger partial charge on any atom is 0.0540 e. The molecule has 0 atom stereocenters. The molecule has 0 heterocycles. The lowest BCUT2D eigenvalue weighted by molar-refractivity contribution is 0.332. The quantitative estimate of drug-likeness (QED) is 0.233. The van der Waals surface area contributed by atoms with Crippen molar-refractivity contribution in [3.05, 3.63) is 112 Å². The minimum atomic E-state index is -0.0362. The van der Waals surface area contributed by atoms with E-state index in [0.717, 1.165) is 16.4 Å². The number of fused-ring (bicyclic) bond motifs is 1. The van der Waals surface area contributed by atoms with Crippen LogP contribution in [0.3, 0.4) is 0 Å². The Morgan fingerprint density at radius 2 is 1.21 bits per heavy atom. The molecule has 4 aromatic rings. The van der Waals surface area contributed by atoms with Gasteiger partial charge < -0.3 is 4.90 Å². The summed E-state index contributed by atoms with van der Waals surface area (Å²) in [6.45, 7) is 23.2. The molecule has 0 N–H and O–H groups in total. The Bertz CT molecular complexity index is 1600. The summed E-state index contributed by atoms with van der Waals surface area (Å²) in [5.41, 5.74) is 11.6. The topological polar surface area (TPSA) is 3.24 Å². The minimum Gasteiger partial charge on any atom is -0.310 e. The van der Waals surface area contributed by atoms with Crippen LogP contribution in [0.5, 0.6) is 0 Å². The molecule has 1 aliphatic rings. The van der Waals surface area contributed by atoms with Gasteiger partial charge in [-0.1, -0.05) is 123 Å². The van der Waals surface area contributed by atoms with Gasteiger partial charge in [-0.05, 0) is 105 Å². The van der Waals surface area contributed by atoms with Crippen molar-refractivity contribution in [1.29, 1.82) is 0 Å². The molecule has 0 unspecified atom stereocenters. The SMILES string of the molecule is CC(C)(C)c1cc(Cl)cc(N(c2ccc3c(c2)C(C)(C)CCC3(C)C)c2ccc(C(C)(C)C)cc2-c2ccccc2)c1. The standard InChI is InChI=1S/C40H48ClN/c1-37(2,3)28-16-19-36(33(24-28)27-14-12-11-13-15-27)42(32-23-29(38(4,5)6)22-30(41)25-32)31-17-18-34-35(26-31)40(9,10)21-20-39(34,7)8/h11-19,22-26H,20-21H2,1-10H3. The molecular formula is C40H48ClN. The average molecular weight is 578 g/mol. The number of benzene rings is 4. The van der Waals surface area contributed by atoms with E-state index >= 15 is 0 Å². The highest BCUT2D eigenvalue weighted by Gasteiger charge is 2.37. The summed E-state index contributed by atoms with van der Waals surface area (Å²) in [5.74, 6) is 0. The molecule has 220 valence electrons. The van der Waals surface area contributed by atoms with Gasteiger partial charge in [-0.15, -0.1) is 0 Å². The largest absolute Gasteiger partial charge is 0.310 e. The van der Waals surface area contributed by atoms with E-state index in [9.17, 15) is 0 Å². The monoisotopic (exact) mass is 577 g/mol. The Balaban J connectivity index is 1.84. The number of rotatable bonds is 4. The summed E-state index contributed by atoms with van der Waals surface area (Å²) in [6, 6.07) is 31.5. The molecule has 0 spiro atoms. The maximum absolute atomic E-state index is 6.89. The molecule has 0 bridgehead atoms. The van der Waals surface area contributed by atoms with E-state index in [2.05, 4.69) is 159 Å². The van der Waals surface area contributed by atoms with Gasteiger partial charge in [0.25, 0.3) is 0 Å². The van der Waals surface area contributed by atoms with E-state index < -0.39 is 0 Å². The molecular weight excluding hydrogens is 530 g/mol. The van der Waals surface area contributed by atoms with Crippen molar-refractivity contribution in [2.24, 2.45) is 0 Å². The highest BCUT2D eigenvalue weighted by atomic mass is 35.5. The Labute approximate surface area is 259 Å². The van der Waals surface area contributed by atoms with E-state index in [1.54, 1.807) is 0 Å². The molecule has 0 amide bonds. The smallest absolute Gasteiger partial charge is 0.0540 e. The minimum absolute atomic E-state index is 0.0315. The first-order chi connectivity index (χ1) is 19.5. The van der Waals surface area contributed by atoms with Gasteiger partial charge in [0.2, 0.25) is 0 Å². The lowest BCUT2D eigenvalue weighted by atomic mass is 9.63. The lowest BCUT2D eigenvalue weighted by Gasteiger charge is -2.42. The van der Waals surface area contributed by atoms with Crippen molar-refractivity contribution in [3.8, 4) is 11.1 Å². The third-order valence-electron chi connectivity index (χ3n) is 9.29. The number of anilines is 3. The van der Waals surface area contributed by atoms with E-state index in [1.165, 1.54) is 51.9 Å². The molecule has 0 fully saturated rings. The molecule has 4 aromatic carbocycles. The lowest BCUT2D eigenvalue weighted by Crippen LogP contribution is -2.34. The van der Waals surface area contributed by atoms with Crippen molar-refractivity contribution in [2.45, 2.75) is 104 Å². The number of halogens is 1. The van der Waals surface area contributed by atoms with Gasteiger partial charge in [0, 0.05) is 22.0 Å². The molecule has 0 aliphatic heterocycles. The molecule has 0 saturated heterocycles. The molecule has 1 aliphatic carbocycles. The van der Waals surface area contributed by atoms with Crippen LogP contribution in [0.1, 0.15) is 104 Å². The zero-order valence-electron chi connectivity index (χ0n) is 27.3. The predicted octanol–water partition coefficient (Wildman–Crippen LogP) is 12.4. The van der Waals surface area contributed by atoms with Crippen LogP contribution in [-0.2, 0) is 21.7 Å². The van der Waals surface area contributed by atoms with Crippen LogP contribution < -0.4 is 4.90 Å². The Hall–Kier alpha value is -3.03. The summed E-state index contributed by atoms with van der Waals surface area (Å²) in [6.07, 6.45) is 2.38. The van der Waals surface area contributed by atoms with Crippen molar-refractivity contribution in [1.82, 2.24) is 0 Å². The number of hydrogen-bond acceptors (Lipinski definition) is 1. The summed E-state index contributed by atoms with van der Waals surface area (Å²) < 4.78 is 0. The first-order valence-electron chi connectivity index (χ1n) is 15.4. The fourth-order valence-electron chi connectivity index (χ4n) is 6.33. The van der Waals surface area contributed by atoms with Gasteiger partial charge in [-0.25, -0.2) is 0 Å². The van der Waals surface area contributed by atoms with Crippen molar-refractivity contribution in [3.63, 3.8) is 0 Å². The van der Waals surface area contributed by atoms with Crippen molar-refractivity contribution in [2.75, 3.05) is 4.90 Å². The summed E-state index contributed by atoms with van der Waals surface area (Å²) in [7, 11) is 0. The zero-order valence-corrected chi connectivity index (χ0v) is 28.1. The normalized spacial score (nSPS) is 16.2. The first kappa shape index (κ1) is 30.4. The second kappa shape index (κ2) is 10.6. The van der Waals surface area contributed by atoms with Crippen LogP contribution in [0.25, 0.3) is 11.1 Å². The highest BCUT2D eigenvalue weighted by molar-refractivity contribution is 6.31. The number of nitrogens with zero attached hydrogens (tertiary/aromatic N) is 1. The summed E-state index contributed by atoms with van der Waals surface area (Å²) in [4.78, 5) is 2.44. The van der Waals surface area contributed by atoms with Gasteiger partial charge in [0.1, 0.15) is 0 Å². The predicted molar refractivity (Wildman–Crippen MR) is 184 cm³/mol. The first-order valence-corrected chi connectivity index (χ1v) is 15.8. The van der Waals surface area contributed by atoms with Gasteiger partial charge in [-0.3, -0.25) is 0 Å². The molecule has 0 saturated carbocycles. The molecule has 5 rings (SSSR count). The highest BCUT2D eigenvalue weighted by Crippen LogP contribution is 2.50. The maximum atomic E-state index is 6.89. The molecule has 2 heteroatoms. The van der Waals surface area contributed by atoms with E-state index in [0.29, 0.717) is 0 Å². The Morgan fingerprint density at radius 3 is 1.83 bits per heavy atom. The average Bonchev–Trinajstić information content (AvgIpc) is 2.91. The zero-order chi connectivity index (χ0) is 30.7. The summed E-state index contributed by atoms with van der Waals surface area (Å²) in [5, 5.41) is 0.759. The fraction of sp³-hybridized carbons (Fsp3) is 0.400. The summed E-state index contributed by atoms with van der Waals surface area (Å²) >= 11 is 6.89. The van der Waals surface area contributed by atoms with Crippen molar-refractivity contribution < 1.29 is 0 Å². The van der Waals surface area contributed by atoms with Gasteiger partial charge in [0.05, 0.1) is 5.69 Å². The van der Waals surface area contributed by atoms with Crippen LogP contribution in [0.2, 0.25) is 5.02 Å². The van der Waals surface area contributed by atoms with Gasteiger partial charge in [0.15, 0.2) is 0 Å². The van der Waals surface area contributed by atoms with E-state index in [1.807, 2.05) is 0 Å². The van der Waals surface area contributed by atoms with Crippen LogP contribution in [0.15, 0.2) is 84.9 Å². The Kier molecular flexibility index (Phi) is 7.68. The van der Waals surface area contributed by atoms with Crippen molar-refractivity contribution >= 4 is 28.7 Å². The van der Waals surface area contributed by atoms with Crippen LogP contribution in [-0.4, -0.2) is 0 Å². The van der Waals surface area contributed by atoms with Crippen LogP contribution in [0.4, 0.5) is 17.1 Å². The molecule has 1 nitrogen and oxygen atoms in total. The van der Waals surface area contributed by atoms with E-state index in [4.69, 9.17) is 11.6 Å². The molecule has 42 heavy (non-hydrogen) atoms.